The highest BCUT2D eigenvalue weighted by molar-refractivity contribution is 5.20. The third kappa shape index (κ3) is 5.65. The lowest BCUT2D eigenvalue weighted by Gasteiger charge is -2.10. The topological polar surface area (TPSA) is 83.2 Å². The lowest BCUT2D eigenvalue weighted by Crippen LogP contribution is -2.12. The number of nitrogens with zero attached hydrogens (tertiary/aromatic N) is 3. The minimum absolute atomic E-state index is 0.0133. The molecule has 0 spiro atoms. The molecule has 1 aromatic rings. The average Bonchev–Trinajstić information content (AvgIpc) is 2.22. The zero-order valence-electron chi connectivity index (χ0n) is 11.5. The average molecular weight is 254 g/mol. The van der Waals surface area contributed by atoms with E-state index in [9.17, 15) is 0 Å². The van der Waals surface area contributed by atoms with E-state index < -0.39 is 0 Å². The molecular formula is C12H22N4O2. The summed E-state index contributed by atoms with van der Waals surface area (Å²) in [6.07, 6.45) is 2.06. The zero-order valence-corrected chi connectivity index (χ0v) is 11.5. The van der Waals surface area contributed by atoms with Gasteiger partial charge in [-0.25, -0.2) is 0 Å². The van der Waals surface area contributed by atoms with Crippen LogP contribution in [0, 0.1) is 5.92 Å². The zero-order chi connectivity index (χ0) is 13.5. The number of hydrogen-bond donors (Lipinski definition) is 1. The molecule has 6 heteroatoms. The van der Waals surface area contributed by atoms with Crippen molar-refractivity contribution in [3.8, 4) is 12.0 Å². The predicted molar refractivity (Wildman–Crippen MR) is 69.6 cm³/mol. The van der Waals surface area contributed by atoms with Crippen LogP contribution in [0.25, 0.3) is 0 Å². The highest BCUT2D eigenvalue weighted by Crippen LogP contribution is 2.13. The molecule has 1 aromatic heterocycles. The largest absolute Gasteiger partial charge is 0.463 e. The number of anilines is 1. The van der Waals surface area contributed by atoms with Crippen molar-refractivity contribution < 1.29 is 9.47 Å². The number of ether oxygens (including phenoxy) is 2. The van der Waals surface area contributed by atoms with Crippen molar-refractivity contribution >= 4 is 5.95 Å². The van der Waals surface area contributed by atoms with Crippen molar-refractivity contribution in [3.05, 3.63) is 0 Å². The number of hydrogen-bond acceptors (Lipinski definition) is 6. The molecule has 0 unspecified atom stereocenters. The van der Waals surface area contributed by atoms with Gasteiger partial charge >= 0.3 is 12.0 Å². The van der Waals surface area contributed by atoms with Crippen molar-refractivity contribution in [2.75, 3.05) is 12.3 Å². The van der Waals surface area contributed by atoms with E-state index in [1.54, 1.807) is 0 Å². The van der Waals surface area contributed by atoms with E-state index in [-0.39, 0.29) is 24.1 Å². The van der Waals surface area contributed by atoms with Crippen LogP contribution in [-0.4, -0.2) is 27.7 Å². The van der Waals surface area contributed by atoms with Crippen molar-refractivity contribution in [2.45, 2.75) is 46.6 Å². The van der Waals surface area contributed by atoms with E-state index in [1.807, 2.05) is 13.8 Å². The Morgan fingerprint density at radius 1 is 1.06 bits per heavy atom. The van der Waals surface area contributed by atoms with E-state index in [0.717, 1.165) is 12.8 Å². The molecule has 0 amide bonds. The lowest BCUT2D eigenvalue weighted by atomic mass is 10.1. The minimum Gasteiger partial charge on any atom is -0.463 e. The molecule has 2 N–H and O–H groups in total. The van der Waals surface area contributed by atoms with Crippen LogP contribution in [-0.2, 0) is 0 Å². The van der Waals surface area contributed by atoms with Crippen LogP contribution in [0.15, 0.2) is 0 Å². The molecule has 0 fully saturated rings. The first-order valence-corrected chi connectivity index (χ1v) is 6.28. The van der Waals surface area contributed by atoms with Gasteiger partial charge in [0.15, 0.2) is 0 Å². The van der Waals surface area contributed by atoms with Gasteiger partial charge in [-0.05, 0) is 32.6 Å². The molecule has 0 bridgehead atoms. The van der Waals surface area contributed by atoms with Crippen LogP contribution in [0.3, 0.4) is 0 Å². The first-order chi connectivity index (χ1) is 8.47. The first kappa shape index (κ1) is 14.5. The molecule has 0 aliphatic heterocycles. The molecule has 0 saturated carbocycles. The Hall–Kier alpha value is -1.59. The molecule has 1 heterocycles. The van der Waals surface area contributed by atoms with Crippen LogP contribution in [0.5, 0.6) is 12.0 Å². The summed E-state index contributed by atoms with van der Waals surface area (Å²) >= 11 is 0. The van der Waals surface area contributed by atoms with Gasteiger partial charge in [-0.2, -0.15) is 9.97 Å². The monoisotopic (exact) mass is 254 g/mol. The fourth-order valence-corrected chi connectivity index (χ4v) is 1.34. The van der Waals surface area contributed by atoms with Gasteiger partial charge in [0.1, 0.15) is 0 Å². The number of aromatic nitrogens is 3. The molecule has 1 rings (SSSR count). The van der Waals surface area contributed by atoms with E-state index in [4.69, 9.17) is 15.2 Å². The summed E-state index contributed by atoms with van der Waals surface area (Å²) in [5.41, 5.74) is 5.57. The van der Waals surface area contributed by atoms with E-state index in [0.29, 0.717) is 12.5 Å². The van der Waals surface area contributed by atoms with Gasteiger partial charge in [-0.3, -0.25) is 0 Å². The Labute approximate surface area is 108 Å². The second-order valence-corrected chi connectivity index (χ2v) is 4.81. The molecule has 6 nitrogen and oxygen atoms in total. The van der Waals surface area contributed by atoms with Crippen LogP contribution < -0.4 is 15.2 Å². The molecule has 0 aliphatic rings. The summed E-state index contributed by atoms with van der Waals surface area (Å²) in [6.45, 7) is 8.71. The third-order valence-corrected chi connectivity index (χ3v) is 2.11. The van der Waals surface area contributed by atoms with Crippen molar-refractivity contribution in [3.63, 3.8) is 0 Å². The van der Waals surface area contributed by atoms with E-state index >= 15 is 0 Å². The summed E-state index contributed by atoms with van der Waals surface area (Å²) in [5.74, 6) is 0.774. The van der Waals surface area contributed by atoms with Crippen LogP contribution in [0.4, 0.5) is 5.95 Å². The summed E-state index contributed by atoms with van der Waals surface area (Å²) in [5, 5.41) is 0. The highest BCUT2D eigenvalue weighted by atomic mass is 16.5. The fourth-order valence-electron chi connectivity index (χ4n) is 1.34. The van der Waals surface area contributed by atoms with Crippen molar-refractivity contribution in [1.29, 1.82) is 0 Å². The molecule has 0 aromatic carbocycles. The molecule has 0 radical (unpaired) electrons. The third-order valence-electron chi connectivity index (χ3n) is 2.11. The van der Waals surface area contributed by atoms with Gasteiger partial charge in [-0.1, -0.05) is 13.8 Å². The first-order valence-electron chi connectivity index (χ1n) is 6.28. The fraction of sp³-hybridized carbons (Fsp3) is 0.750. The number of rotatable bonds is 7. The second-order valence-electron chi connectivity index (χ2n) is 4.81. The smallest absolute Gasteiger partial charge is 0.324 e. The summed E-state index contributed by atoms with van der Waals surface area (Å²) in [6, 6.07) is 0.429. The maximum absolute atomic E-state index is 5.57. The Bertz CT molecular complexity index is 369. The van der Waals surface area contributed by atoms with Crippen LogP contribution in [0.1, 0.15) is 40.5 Å². The lowest BCUT2D eigenvalue weighted by molar-refractivity contribution is 0.212. The maximum Gasteiger partial charge on any atom is 0.324 e. The second kappa shape index (κ2) is 6.98. The van der Waals surface area contributed by atoms with Gasteiger partial charge < -0.3 is 15.2 Å². The SMILES string of the molecule is CC(C)CCCOc1nc(N)nc(OC(C)C)n1. The maximum atomic E-state index is 5.57. The minimum atomic E-state index is -0.0133. The summed E-state index contributed by atoms with van der Waals surface area (Å²) in [7, 11) is 0. The Kier molecular flexibility index (Phi) is 5.61. The standard InChI is InChI=1S/C12H22N4O2/c1-8(2)6-5-7-17-11-14-10(13)15-12(16-11)18-9(3)4/h8-9H,5-7H2,1-4H3,(H2,13,14,15,16). The number of nitrogen functional groups attached to an aromatic ring is 1. The van der Waals surface area contributed by atoms with Gasteiger partial charge in [0.25, 0.3) is 0 Å². The number of nitrogens with two attached hydrogens (primary N) is 1. The van der Waals surface area contributed by atoms with Crippen LogP contribution in [0.2, 0.25) is 0 Å². The molecular weight excluding hydrogens is 232 g/mol. The summed E-state index contributed by atoms with van der Waals surface area (Å²) < 4.78 is 10.8. The highest BCUT2D eigenvalue weighted by Gasteiger charge is 2.08. The van der Waals surface area contributed by atoms with Crippen molar-refractivity contribution in [1.82, 2.24) is 15.0 Å². The molecule has 18 heavy (non-hydrogen) atoms. The van der Waals surface area contributed by atoms with Gasteiger partial charge in [-0.15, -0.1) is 4.98 Å². The van der Waals surface area contributed by atoms with Crippen molar-refractivity contribution in [2.24, 2.45) is 5.92 Å². The predicted octanol–water partition coefficient (Wildman–Crippen LogP) is 2.06. The van der Waals surface area contributed by atoms with Crippen LogP contribution >= 0.6 is 0 Å². The molecule has 102 valence electrons. The Balaban J connectivity index is 2.51. The van der Waals surface area contributed by atoms with Gasteiger partial charge in [0.2, 0.25) is 5.95 Å². The van der Waals surface area contributed by atoms with Gasteiger partial charge in [0.05, 0.1) is 12.7 Å². The van der Waals surface area contributed by atoms with Gasteiger partial charge in [0, 0.05) is 0 Å². The Morgan fingerprint density at radius 2 is 1.72 bits per heavy atom. The summed E-state index contributed by atoms with van der Waals surface area (Å²) in [4.78, 5) is 11.8. The molecule has 0 aliphatic carbocycles. The molecule has 0 atom stereocenters. The van der Waals surface area contributed by atoms with E-state index in [2.05, 4.69) is 28.8 Å². The molecule has 0 saturated heterocycles. The quantitative estimate of drug-likeness (QED) is 0.750. The normalized spacial score (nSPS) is 11.0. The van der Waals surface area contributed by atoms with E-state index in [1.165, 1.54) is 0 Å². The Morgan fingerprint density at radius 3 is 2.33 bits per heavy atom.